The third kappa shape index (κ3) is 8.26. The van der Waals surface area contributed by atoms with E-state index in [1.54, 1.807) is 24.3 Å². The monoisotopic (exact) mass is 603 g/mol. The van der Waals surface area contributed by atoms with Crippen molar-refractivity contribution < 1.29 is 35.9 Å². The maximum atomic E-state index is 13.7. The molecule has 0 aliphatic heterocycles. The molecular weight excluding hydrogens is 571 g/mol. The molecule has 0 saturated heterocycles. The number of alkyl halides is 3. The van der Waals surface area contributed by atoms with Gasteiger partial charge < -0.3 is 15.0 Å². The van der Waals surface area contributed by atoms with Gasteiger partial charge in [0.2, 0.25) is 21.8 Å². The number of carbonyl (C=O) groups excluding carboxylic acids is 2. The highest BCUT2D eigenvalue weighted by Gasteiger charge is 2.36. The summed E-state index contributed by atoms with van der Waals surface area (Å²) in [6, 6.07) is 8.39. The molecule has 0 heterocycles. The van der Waals surface area contributed by atoms with Gasteiger partial charge >= 0.3 is 6.18 Å². The zero-order chi connectivity index (χ0) is 29.7. The first-order valence-corrected chi connectivity index (χ1v) is 15.0. The summed E-state index contributed by atoms with van der Waals surface area (Å²) < 4.78 is 71.7. The van der Waals surface area contributed by atoms with Crippen molar-refractivity contribution in [2.45, 2.75) is 63.8 Å². The highest BCUT2D eigenvalue weighted by atomic mass is 35.5. The van der Waals surface area contributed by atoms with E-state index in [2.05, 4.69) is 5.32 Å². The molecule has 3 rings (SSSR count). The standard InChI is InChI=1S/C27H33ClF3N3O5S/c1-18(26(36)32-20-9-5-4-6-10-20)33(16-19-8-7-11-22(14-19)39-2)25(35)17-34(40(3,37)38)21-12-13-24(28)23(15-21)27(29,30)31/h7-8,11-15,18,20H,4-6,9-10,16-17H2,1-3H3,(H,32,36). The van der Waals surface area contributed by atoms with E-state index in [9.17, 15) is 31.2 Å². The molecular formula is C27H33ClF3N3O5S. The van der Waals surface area contributed by atoms with Gasteiger partial charge in [0.15, 0.2) is 0 Å². The fourth-order valence-corrected chi connectivity index (χ4v) is 5.68. The lowest BCUT2D eigenvalue weighted by Gasteiger charge is -2.33. The molecule has 2 amide bonds. The Morgan fingerprint density at radius 2 is 1.80 bits per heavy atom. The Kier molecular flexibility index (Phi) is 10.3. The van der Waals surface area contributed by atoms with E-state index in [1.807, 2.05) is 0 Å². The Balaban J connectivity index is 1.94. The zero-order valence-electron chi connectivity index (χ0n) is 22.5. The number of hydrogen-bond donors (Lipinski definition) is 1. The van der Waals surface area contributed by atoms with E-state index in [-0.39, 0.29) is 18.3 Å². The van der Waals surface area contributed by atoms with Crippen LogP contribution in [-0.2, 0) is 32.3 Å². The smallest absolute Gasteiger partial charge is 0.417 e. The summed E-state index contributed by atoms with van der Waals surface area (Å²) in [5, 5.41) is 2.37. The number of nitrogens with zero attached hydrogens (tertiary/aromatic N) is 2. The van der Waals surface area contributed by atoms with E-state index in [4.69, 9.17) is 16.3 Å². The molecule has 1 saturated carbocycles. The maximum Gasteiger partial charge on any atom is 0.417 e. The van der Waals surface area contributed by atoms with Gasteiger partial charge in [0.05, 0.1) is 29.6 Å². The van der Waals surface area contributed by atoms with Crippen molar-refractivity contribution in [3.8, 4) is 5.75 Å². The number of ether oxygens (including phenoxy) is 1. The molecule has 1 aliphatic carbocycles. The van der Waals surface area contributed by atoms with Crippen LogP contribution in [0.25, 0.3) is 0 Å². The summed E-state index contributed by atoms with van der Waals surface area (Å²) >= 11 is 5.71. The fourth-order valence-electron chi connectivity index (χ4n) is 4.62. The van der Waals surface area contributed by atoms with Crippen LogP contribution in [0.1, 0.15) is 50.2 Å². The van der Waals surface area contributed by atoms with E-state index in [1.165, 1.54) is 18.9 Å². The molecule has 1 N–H and O–H groups in total. The number of nitrogens with one attached hydrogen (secondary N) is 1. The molecule has 0 bridgehead atoms. The second-order valence-corrected chi connectivity index (χ2v) is 12.1. The third-order valence-electron chi connectivity index (χ3n) is 6.83. The van der Waals surface area contributed by atoms with E-state index >= 15 is 0 Å². The number of halogens is 4. The average Bonchev–Trinajstić information content (AvgIpc) is 2.89. The molecule has 1 unspecified atom stereocenters. The number of amides is 2. The largest absolute Gasteiger partial charge is 0.497 e. The van der Waals surface area contributed by atoms with Crippen LogP contribution in [0.4, 0.5) is 18.9 Å². The zero-order valence-corrected chi connectivity index (χ0v) is 24.1. The van der Waals surface area contributed by atoms with Crippen LogP contribution in [0.2, 0.25) is 5.02 Å². The van der Waals surface area contributed by atoms with E-state index < -0.39 is 51.2 Å². The van der Waals surface area contributed by atoms with Crippen LogP contribution >= 0.6 is 11.6 Å². The normalized spacial score (nSPS) is 15.3. The predicted octanol–water partition coefficient (Wildman–Crippen LogP) is 5.00. The lowest BCUT2D eigenvalue weighted by atomic mass is 9.95. The number of hydrogen-bond acceptors (Lipinski definition) is 5. The van der Waals surface area contributed by atoms with Crippen molar-refractivity contribution in [1.29, 1.82) is 0 Å². The molecule has 2 aromatic rings. The lowest BCUT2D eigenvalue weighted by Crippen LogP contribution is -2.53. The lowest BCUT2D eigenvalue weighted by molar-refractivity contribution is -0.139. The van der Waals surface area contributed by atoms with Gasteiger partial charge in [0.1, 0.15) is 18.3 Å². The number of anilines is 1. The van der Waals surface area contributed by atoms with Crippen LogP contribution in [0.3, 0.4) is 0 Å². The second kappa shape index (κ2) is 13.1. The van der Waals surface area contributed by atoms with Gasteiger partial charge in [-0.15, -0.1) is 0 Å². The molecule has 0 radical (unpaired) electrons. The summed E-state index contributed by atoms with van der Waals surface area (Å²) in [6.45, 7) is 0.634. The number of benzene rings is 2. The molecule has 2 aromatic carbocycles. The maximum absolute atomic E-state index is 13.7. The highest BCUT2D eigenvalue weighted by Crippen LogP contribution is 2.37. The fraction of sp³-hybridized carbons (Fsp3) is 0.481. The Morgan fingerprint density at radius 1 is 1.12 bits per heavy atom. The number of sulfonamides is 1. The molecule has 0 aromatic heterocycles. The molecule has 13 heteroatoms. The summed E-state index contributed by atoms with van der Waals surface area (Å²) in [4.78, 5) is 28.1. The van der Waals surface area contributed by atoms with Gasteiger partial charge in [0.25, 0.3) is 0 Å². The highest BCUT2D eigenvalue weighted by molar-refractivity contribution is 7.92. The number of carbonyl (C=O) groups is 2. The number of methoxy groups -OCH3 is 1. The minimum Gasteiger partial charge on any atom is -0.497 e. The van der Waals surface area contributed by atoms with Crippen LogP contribution in [0.5, 0.6) is 5.75 Å². The van der Waals surface area contributed by atoms with Crippen LogP contribution in [0, 0.1) is 0 Å². The van der Waals surface area contributed by atoms with Crippen molar-refractivity contribution in [1.82, 2.24) is 10.2 Å². The van der Waals surface area contributed by atoms with Crippen LogP contribution < -0.4 is 14.4 Å². The van der Waals surface area contributed by atoms with E-state index in [0.717, 1.165) is 50.5 Å². The summed E-state index contributed by atoms with van der Waals surface area (Å²) in [5.74, 6) is -0.661. The van der Waals surface area contributed by atoms with Gasteiger partial charge in [-0.25, -0.2) is 8.42 Å². The van der Waals surface area contributed by atoms with Crippen LogP contribution in [-0.4, -0.2) is 57.1 Å². The van der Waals surface area contributed by atoms with Gasteiger partial charge in [-0.05, 0) is 55.7 Å². The minimum absolute atomic E-state index is 0.0279. The Bertz CT molecular complexity index is 1320. The average molecular weight is 604 g/mol. The van der Waals surface area contributed by atoms with Crippen molar-refractivity contribution in [3.63, 3.8) is 0 Å². The topological polar surface area (TPSA) is 96.0 Å². The molecule has 8 nitrogen and oxygen atoms in total. The van der Waals surface area contributed by atoms with Crippen molar-refractivity contribution >= 4 is 39.1 Å². The van der Waals surface area contributed by atoms with Gasteiger partial charge in [-0.3, -0.25) is 13.9 Å². The van der Waals surface area contributed by atoms with Gasteiger partial charge in [0, 0.05) is 12.6 Å². The van der Waals surface area contributed by atoms with Gasteiger partial charge in [-0.1, -0.05) is 43.0 Å². The third-order valence-corrected chi connectivity index (χ3v) is 8.30. The minimum atomic E-state index is -4.84. The Labute approximate surface area is 237 Å². The molecule has 1 atom stereocenters. The quantitative estimate of drug-likeness (QED) is 0.412. The van der Waals surface area contributed by atoms with E-state index in [0.29, 0.717) is 21.7 Å². The molecule has 220 valence electrons. The summed E-state index contributed by atoms with van der Waals surface area (Å²) in [7, 11) is -2.74. The molecule has 1 aliphatic rings. The molecule has 0 spiro atoms. The Morgan fingerprint density at radius 3 is 2.40 bits per heavy atom. The van der Waals surface area contributed by atoms with Crippen LogP contribution in [0.15, 0.2) is 42.5 Å². The summed E-state index contributed by atoms with van der Waals surface area (Å²) in [6.07, 6.45) is 0.638. The van der Waals surface area contributed by atoms with Crippen molar-refractivity contribution in [2.75, 3.05) is 24.2 Å². The SMILES string of the molecule is COc1cccc(CN(C(=O)CN(c2ccc(Cl)c(C(F)(F)F)c2)S(C)(=O)=O)C(C)C(=O)NC2CCCCC2)c1. The van der Waals surface area contributed by atoms with Crippen molar-refractivity contribution in [3.05, 3.63) is 58.6 Å². The number of rotatable bonds is 10. The first-order chi connectivity index (χ1) is 18.7. The summed E-state index contributed by atoms with van der Waals surface area (Å²) in [5.41, 5.74) is -1.00. The van der Waals surface area contributed by atoms with Gasteiger partial charge in [-0.2, -0.15) is 13.2 Å². The first kappa shape index (κ1) is 31.5. The second-order valence-electron chi connectivity index (χ2n) is 9.82. The van der Waals surface area contributed by atoms with Crippen molar-refractivity contribution in [2.24, 2.45) is 0 Å². The molecule has 40 heavy (non-hydrogen) atoms. The Hall–Kier alpha value is -2.99. The predicted molar refractivity (Wildman–Crippen MR) is 147 cm³/mol. The first-order valence-electron chi connectivity index (χ1n) is 12.8. The molecule has 1 fully saturated rings.